The molecule has 3 aromatic rings. The van der Waals surface area contributed by atoms with Gasteiger partial charge in [0.15, 0.2) is 11.5 Å². The molecule has 0 saturated heterocycles. The van der Waals surface area contributed by atoms with Crippen LogP contribution in [-0.4, -0.2) is 41.5 Å². The molecule has 1 atom stereocenters. The molecule has 0 bridgehead atoms. The van der Waals surface area contributed by atoms with Crippen molar-refractivity contribution in [3.8, 4) is 11.5 Å². The number of amides is 1. The Morgan fingerprint density at radius 3 is 2.70 bits per heavy atom. The number of hydrogen-bond donors (Lipinski definition) is 0. The van der Waals surface area contributed by atoms with Gasteiger partial charge in [0.05, 0.1) is 26.5 Å². The molecule has 0 radical (unpaired) electrons. The molecule has 4 rings (SSSR count). The third-order valence-corrected chi connectivity index (χ3v) is 5.65. The fourth-order valence-electron chi connectivity index (χ4n) is 3.47. The van der Waals surface area contributed by atoms with Gasteiger partial charge in [-0.05, 0) is 41.1 Å². The molecule has 0 spiro atoms. The summed E-state index contributed by atoms with van der Waals surface area (Å²) in [4.78, 5) is 24.4. The Kier molecular flexibility index (Phi) is 4.77. The van der Waals surface area contributed by atoms with Gasteiger partial charge in [-0.15, -0.1) is 11.3 Å². The van der Waals surface area contributed by atoms with Crippen LogP contribution in [0.2, 0.25) is 0 Å². The third kappa shape index (κ3) is 3.14. The minimum atomic E-state index is -0.192. The van der Waals surface area contributed by atoms with Gasteiger partial charge in [0.2, 0.25) is 0 Å². The van der Waals surface area contributed by atoms with E-state index in [9.17, 15) is 4.79 Å². The Hall–Kier alpha value is -2.93. The summed E-state index contributed by atoms with van der Waals surface area (Å²) in [5.74, 6) is 1.24. The molecule has 1 aliphatic heterocycles. The minimum Gasteiger partial charge on any atom is -0.493 e. The molecule has 138 valence electrons. The van der Waals surface area contributed by atoms with Crippen LogP contribution in [0, 0.1) is 0 Å². The highest BCUT2D eigenvalue weighted by Gasteiger charge is 2.34. The van der Waals surface area contributed by atoms with E-state index in [2.05, 4.69) is 16.0 Å². The SMILES string of the molecule is COc1cc2c(cc1OC)[C@H](c1cccs1)N(C(=O)c1cnccn1)CC2. The van der Waals surface area contributed by atoms with E-state index in [0.29, 0.717) is 23.7 Å². The van der Waals surface area contributed by atoms with Crippen LogP contribution >= 0.6 is 11.3 Å². The van der Waals surface area contributed by atoms with E-state index in [1.54, 1.807) is 38.0 Å². The van der Waals surface area contributed by atoms with Crippen LogP contribution in [0.1, 0.15) is 32.5 Å². The number of carbonyl (C=O) groups excluding carboxylic acids is 1. The van der Waals surface area contributed by atoms with Crippen LogP contribution < -0.4 is 9.47 Å². The number of rotatable bonds is 4. The van der Waals surface area contributed by atoms with Gasteiger partial charge in [-0.1, -0.05) is 6.07 Å². The second kappa shape index (κ2) is 7.36. The lowest BCUT2D eigenvalue weighted by Crippen LogP contribution is -2.40. The monoisotopic (exact) mass is 381 g/mol. The first-order valence-electron chi connectivity index (χ1n) is 8.58. The summed E-state index contributed by atoms with van der Waals surface area (Å²) in [5.41, 5.74) is 2.57. The van der Waals surface area contributed by atoms with Crippen molar-refractivity contribution in [3.63, 3.8) is 0 Å². The molecular formula is C20H19N3O3S. The summed E-state index contributed by atoms with van der Waals surface area (Å²) in [6.45, 7) is 0.598. The number of hydrogen-bond acceptors (Lipinski definition) is 6. The third-order valence-electron chi connectivity index (χ3n) is 4.73. The summed E-state index contributed by atoms with van der Waals surface area (Å²) < 4.78 is 11.0. The predicted octanol–water partition coefficient (Wildman–Crippen LogP) is 3.34. The number of aromatic nitrogens is 2. The molecular weight excluding hydrogens is 362 g/mol. The van der Waals surface area contributed by atoms with Crippen molar-refractivity contribution in [3.05, 3.63) is 69.9 Å². The van der Waals surface area contributed by atoms with E-state index in [4.69, 9.17) is 9.47 Å². The highest BCUT2D eigenvalue weighted by molar-refractivity contribution is 7.10. The molecule has 3 heterocycles. The Balaban J connectivity index is 1.82. The van der Waals surface area contributed by atoms with Crippen molar-refractivity contribution in [2.24, 2.45) is 0 Å². The summed E-state index contributed by atoms with van der Waals surface area (Å²) in [5, 5.41) is 2.02. The number of ether oxygens (including phenoxy) is 2. The van der Waals surface area contributed by atoms with Gasteiger partial charge in [-0.25, -0.2) is 4.98 Å². The number of thiophene rings is 1. The fourth-order valence-corrected chi connectivity index (χ4v) is 4.33. The molecule has 27 heavy (non-hydrogen) atoms. The second-order valence-corrected chi connectivity index (χ2v) is 7.14. The first-order chi connectivity index (χ1) is 13.2. The Bertz CT molecular complexity index is 945. The second-order valence-electron chi connectivity index (χ2n) is 6.16. The van der Waals surface area contributed by atoms with Crippen LogP contribution in [0.3, 0.4) is 0 Å². The molecule has 0 N–H and O–H groups in total. The zero-order valence-corrected chi connectivity index (χ0v) is 15.9. The van der Waals surface area contributed by atoms with E-state index in [1.165, 1.54) is 6.20 Å². The smallest absolute Gasteiger partial charge is 0.274 e. The molecule has 6 nitrogen and oxygen atoms in total. The molecule has 1 aromatic carbocycles. The van der Waals surface area contributed by atoms with E-state index >= 15 is 0 Å². The van der Waals surface area contributed by atoms with Crippen LogP contribution in [0.5, 0.6) is 11.5 Å². The van der Waals surface area contributed by atoms with E-state index in [0.717, 1.165) is 22.4 Å². The number of carbonyl (C=O) groups is 1. The van der Waals surface area contributed by atoms with Crippen molar-refractivity contribution in [2.45, 2.75) is 12.5 Å². The highest BCUT2D eigenvalue weighted by Crippen LogP contribution is 2.42. The van der Waals surface area contributed by atoms with Gasteiger partial charge in [0, 0.05) is 23.8 Å². The van der Waals surface area contributed by atoms with Gasteiger partial charge < -0.3 is 14.4 Å². The lowest BCUT2D eigenvalue weighted by atomic mass is 9.90. The average Bonchev–Trinajstić information content (AvgIpc) is 3.26. The molecule has 1 amide bonds. The maximum Gasteiger partial charge on any atom is 0.274 e. The average molecular weight is 381 g/mol. The highest BCUT2D eigenvalue weighted by atomic mass is 32.1. The van der Waals surface area contributed by atoms with Crippen molar-refractivity contribution >= 4 is 17.2 Å². The maximum atomic E-state index is 13.2. The maximum absolute atomic E-state index is 13.2. The lowest BCUT2D eigenvalue weighted by molar-refractivity contribution is 0.0690. The van der Waals surface area contributed by atoms with Crippen LogP contribution in [0.15, 0.2) is 48.2 Å². The molecule has 7 heteroatoms. The number of fused-ring (bicyclic) bond motifs is 1. The van der Waals surface area contributed by atoms with Crippen molar-refractivity contribution in [1.82, 2.24) is 14.9 Å². The normalized spacial score (nSPS) is 15.9. The Morgan fingerprint density at radius 1 is 1.22 bits per heavy atom. The van der Waals surface area contributed by atoms with Crippen LogP contribution in [0.25, 0.3) is 0 Å². The van der Waals surface area contributed by atoms with Gasteiger partial charge in [0.25, 0.3) is 5.91 Å². The van der Waals surface area contributed by atoms with Gasteiger partial charge in [-0.2, -0.15) is 0 Å². The van der Waals surface area contributed by atoms with E-state index in [-0.39, 0.29) is 11.9 Å². The predicted molar refractivity (Wildman–Crippen MR) is 102 cm³/mol. The van der Waals surface area contributed by atoms with Crippen molar-refractivity contribution in [1.29, 1.82) is 0 Å². The summed E-state index contributed by atoms with van der Waals surface area (Å²) >= 11 is 1.63. The zero-order chi connectivity index (χ0) is 18.8. The summed E-state index contributed by atoms with van der Waals surface area (Å²) in [6, 6.07) is 7.86. The Morgan fingerprint density at radius 2 is 2.04 bits per heavy atom. The van der Waals surface area contributed by atoms with Crippen LogP contribution in [-0.2, 0) is 6.42 Å². The number of methoxy groups -OCH3 is 2. The summed E-state index contributed by atoms with van der Waals surface area (Å²) in [6.07, 6.45) is 5.36. The quantitative estimate of drug-likeness (QED) is 0.693. The largest absolute Gasteiger partial charge is 0.493 e. The first-order valence-corrected chi connectivity index (χ1v) is 9.46. The molecule has 1 aliphatic rings. The zero-order valence-electron chi connectivity index (χ0n) is 15.1. The van der Waals surface area contributed by atoms with Crippen molar-refractivity contribution in [2.75, 3.05) is 20.8 Å². The molecule has 0 aliphatic carbocycles. The van der Waals surface area contributed by atoms with E-state index < -0.39 is 0 Å². The Labute approximate surface area is 161 Å². The molecule has 2 aromatic heterocycles. The lowest BCUT2D eigenvalue weighted by Gasteiger charge is -2.37. The standard InChI is InChI=1S/C20H19N3O3S/c1-25-16-10-13-5-8-23(20(24)15-12-21-6-7-22-15)19(18-4-3-9-27-18)14(13)11-17(16)26-2/h3-4,6-7,9-12,19H,5,8H2,1-2H3/t19-/m1/s1. The first kappa shape index (κ1) is 17.5. The topological polar surface area (TPSA) is 64.6 Å². The summed E-state index contributed by atoms with van der Waals surface area (Å²) in [7, 11) is 3.25. The minimum absolute atomic E-state index is 0.123. The van der Waals surface area contributed by atoms with Gasteiger partial charge in [-0.3, -0.25) is 9.78 Å². The number of nitrogens with zero attached hydrogens (tertiary/aromatic N) is 3. The van der Waals surface area contributed by atoms with E-state index in [1.807, 2.05) is 28.5 Å². The van der Waals surface area contributed by atoms with Crippen molar-refractivity contribution < 1.29 is 14.3 Å². The molecule has 0 saturated carbocycles. The number of benzene rings is 1. The van der Waals surface area contributed by atoms with Crippen LogP contribution in [0.4, 0.5) is 0 Å². The van der Waals surface area contributed by atoms with Gasteiger partial charge in [0.1, 0.15) is 5.69 Å². The molecule has 0 unspecified atom stereocenters. The fraction of sp³-hybridized carbons (Fsp3) is 0.250. The van der Waals surface area contributed by atoms with Gasteiger partial charge >= 0.3 is 0 Å². The molecule has 0 fully saturated rings.